The van der Waals surface area contributed by atoms with Crippen LogP contribution in [-0.2, 0) is 4.79 Å². The van der Waals surface area contributed by atoms with Gasteiger partial charge in [-0.3, -0.25) is 4.79 Å². The Morgan fingerprint density at radius 1 is 1.65 bits per heavy atom. The Morgan fingerprint density at radius 2 is 2.29 bits per heavy atom. The molecule has 1 heterocycles. The van der Waals surface area contributed by atoms with E-state index in [4.69, 9.17) is 5.73 Å². The number of rotatable bonds is 4. The van der Waals surface area contributed by atoms with E-state index in [1.54, 1.807) is 13.0 Å². The van der Waals surface area contributed by atoms with Crippen molar-refractivity contribution in [2.45, 2.75) is 32.2 Å². The van der Waals surface area contributed by atoms with Crippen LogP contribution < -0.4 is 11.1 Å². The fraction of sp³-hybridized carbons (Fsp3) is 0.455. The molecule has 0 aromatic carbocycles. The van der Waals surface area contributed by atoms with Gasteiger partial charge in [-0.15, -0.1) is 12.4 Å². The molecule has 5 nitrogen and oxygen atoms in total. The van der Waals surface area contributed by atoms with Crippen LogP contribution in [0.15, 0.2) is 18.3 Å². The maximum atomic E-state index is 11.8. The van der Waals surface area contributed by atoms with Crippen LogP contribution in [0.4, 0.5) is 5.82 Å². The van der Waals surface area contributed by atoms with E-state index in [0.717, 1.165) is 6.42 Å². The van der Waals surface area contributed by atoms with Gasteiger partial charge in [0.15, 0.2) is 11.6 Å². The summed E-state index contributed by atoms with van der Waals surface area (Å²) < 4.78 is 0. The van der Waals surface area contributed by atoms with E-state index in [9.17, 15) is 9.90 Å². The molecule has 0 fully saturated rings. The Balaban J connectivity index is 0.00000256. The highest BCUT2D eigenvalue weighted by atomic mass is 35.5. The Bertz CT molecular complexity index is 383. The lowest BCUT2D eigenvalue weighted by atomic mass is 9.96. The predicted molar refractivity (Wildman–Crippen MR) is 69.3 cm³/mol. The molecule has 6 heteroatoms. The number of pyridine rings is 1. The molecule has 0 bridgehead atoms. The molecule has 1 aromatic heterocycles. The van der Waals surface area contributed by atoms with Crippen molar-refractivity contribution in [3.8, 4) is 5.75 Å². The summed E-state index contributed by atoms with van der Waals surface area (Å²) in [7, 11) is 0. The Kier molecular flexibility index (Phi) is 5.91. The van der Waals surface area contributed by atoms with E-state index in [-0.39, 0.29) is 29.9 Å². The van der Waals surface area contributed by atoms with Crippen molar-refractivity contribution in [3.05, 3.63) is 18.3 Å². The highest BCUT2D eigenvalue weighted by molar-refractivity contribution is 5.97. The molecule has 0 aliphatic heterocycles. The number of nitrogens with zero attached hydrogens (tertiary/aromatic N) is 1. The molecule has 0 saturated heterocycles. The summed E-state index contributed by atoms with van der Waals surface area (Å²) in [5.41, 5.74) is 4.90. The third-order valence-corrected chi connectivity index (χ3v) is 2.31. The zero-order valence-electron chi connectivity index (χ0n) is 9.93. The first-order chi connectivity index (χ1) is 7.47. The number of nitrogens with two attached hydrogens (primary N) is 1. The molecule has 1 aromatic rings. The number of nitrogens with one attached hydrogen (secondary N) is 1. The molecule has 0 spiro atoms. The summed E-state index contributed by atoms with van der Waals surface area (Å²) in [6.07, 6.45) is 2.88. The maximum Gasteiger partial charge on any atom is 0.245 e. The minimum atomic E-state index is -0.946. The smallest absolute Gasteiger partial charge is 0.245 e. The summed E-state index contributed by atoms with van der Waals surface area (Å²) in [6.45, 7) is 3.61. The van der Waals surface area contributed by atoms with E-state index in [1.807, 2.05) is 6.92 Å². The largest absolute Gasteiger partial charge is 0.504 e. The summed E-state index contributed by atoms with van der Waals surface area (Å²) in [4.78, 5) is 15.6. The van der Waals surface area contributed by atoms with Crippen molar-refractivity contribution in [3.63, 3.8) is 0 Å². The van der Waals surface area contributed by atoms with Gasteiger partial charge in [-0.25, -0.2) is 4.98 Å². The average molecular weight is 260 g/mol. The number of anilines is 1. The van der Waals surface area contributed by atoms with Gasteiger partial charge in [-0.1, -0.05) is 13.3 Å². The summed E-state index contributed by atoms with van der Waals surface area (Å²) in [6, 6.07) is 3.04. The number of amides is 1. The van der Waals surface area contributed by atoms with Crippen LogP contribution in [0.3, 0.4) is 0 Å². The second kappa shape index (κ2) is 6.42. The summed E-state index contributed by atoms with van der Waals surface area (Å²) >= 11 is 0. The first-order valence-corrected chi connectivity index (χ1v) is 5.21. The van der Waals surface area contributed by atoms with E-state index < -0.39 is 5.54 Å². The van der Waals surface area contributed by atoms with Crippen LogP contribution in [0.1, 0.15) is 26.7 Å². The second-order valence-electron chi connectivity index (χ2n) is 3.99. The van der Waals surface area contributed by atoms with Crippen molar-refractivity contribution < 1.29 is 9.90 Å². The SMILES string of the molecule is CCCC(C)(N)C(=O)Nc1ncccc1O.Cl. The summed E-state index contributed by atoms with van der Waals surface area (Å²) in [5, 5.41) is 11.9. The van der Waals surface area contributed by atoms with Crippen molar-refractivity contribution in [1.82, 2.24) is 4.98 Å². The van der Waals surface area contributed by atoms with Gasteiger partial charge >= 0.3 is 0 Å². The van der Waals surface area contributed by atoms with Gasteiger partial charge < -0.3 is 16.2 Å². The zero-order valence-corrected chi connectivity index (χ0v) is 10.8. The molecule has 1 rings (SSSR count). The molecule has 17 heavy (non-hydrogen) atoms. The fourth-order valence-corrected chi connectivity index (χ4v) is 1.38. The lowest BCUT2D eigenvalue weighted by Gasteiger charge is -2.22. The van der Waals surface area contributed by atoms with Gasteiger partial charge in [0.05, 0.1) is 5.54 Å². The third-order valence-electron chi connectivity index (χ3n) is 2.31. The number of halogens is 1. The van der Waals surface area contributed by atoms with Crippen LogP contribution >= 0.6 is 12.4 Å². The molecule has 4 N–H and O–H groups in total. The second-order valence-corrected chi connectivity index (χ2v) is 3.99. The number of carbonyl (C=O) groups is 1. The van der Waals surface area contributed by atoms with E-state index in [1.165, 1.54) is 12.3 Å². The first-order valence-electron chi connectivity index (χ1n) is 5.21. The van der Waals surface area contributed by atoms with Crippen LogP contribution in [0.2, 0.25) is 0 Å². The molecular formula is C11H18ClN3O2. The molecule has 0 radical (unpaired) electrons. The van der Waals surface area contributed by atoms with Gasteiger partial charge in [0.2, 0.25) is 5.91 Å². The molecule has 0 saturated carbocycles. The molecule has 0 aliphatic rings. The highest BCUT2D eigenvalue weighted by Gasteiger charge is 2.27. The fourth-order valence-electron chi connectivity index (χ4n) is 1.38. The van der Waals surface area contributed by atoms with Gasteiger partial charge in [-0.05, 0) is 25.5 Å². The zero-order chi connectivity index (χ0) is 12.2. The van der Waals surface area contributed by atoms with Gasteiger partial charge in [0.1, 0.15) is 0 Å². The minimum absolute atomic E-state index is 0. The van der Waals surface area contributed by atoms with Crippen molar-refractivity contribution in [2.24, 2.45) is 5.73 Å². The van der Waals surface area contributed by atoms with Crippen molar-refractivity contribution in [2.75, 3.05) is 5.32 Å². The highest BCUT2D eigenvalue weighted by Crippen LogP contribution is 2.20. The van der Waals surface area contributed by atoms with Gasteiger partial charge in [0, 0.05) is 6.20 Å². The standard InChI is InChI=1S/C11H17N3O2.ClH/c1-3-6-11(2,12)10(16)14-9-8(15)5-4-7-13-9;/h4-5,7,15H,3,6,12H2,1-2H3,(H,13,14,16);1H. The topological polar surface area (TPSA) is 88.2 Å². The summed E-state index contributed by atoms with van der Waals surface area (Å²) in [5.74, 6) is -0.272. The van der Waals surface area contributed by atoms with Gasteiger partial charge in [-0.2, -0.15) is 0 Å². The normalized spacial score (nSPS) is 13.4. The van der Waals surface area contributed by atoms with E-state index >= 15 is 0 Å². The van der Waals surface area contributed by atoms with Crippen LogP contribution in [-0.4, -0.2) is 21.5 Å². The van der Waals surface area contributed by atoms with Gasteiger partial charge in [0.25, 0.3) is 0 Å². The van der Waals surface area contributed by atoms with E-state index in [0.29, 0.717) is 6.42 Å². The van der Waals surface area contributed by atoms with Crippen LogP contribution in [0.25, 0.3) is 0 Å². The number of carbonyl (C=O) groups excluding carboxylic acids is 1. The number of hydrogen-bond donors (Lipinski definition) is 3. The van der Waals surface area contributed by atoms with Crippen molar-refractivity contribution in [1.29, 1.82) is 0 Å². The molecule has 0 aliphatic carbocycles. The lowest BCUT2D eigenvalue weighted by Crippen LogP contribution is -2.48. The molecule has 1 unspecified atom stereocenters. The Labute approximate surface area is 107 Å². The maximum absolute atomic E-state index is 11.8. The lowest BCUT2D eigenvalue weighted by molar-refractivity contribution is -0.120. The predicted octanol–water partition coefficient (Wildman–Crippen LogP) is 1.67. The first kappa shape index (κ1) is 15.7. The minimum Gasteiger partial charge on any atom is -0.504 e. The Hall–Kier alpha value is -1.33. The number of hydrogen-bond acceptors (Lipinski definition) is 4. The molecular weight excluding hydrogens is 242 g/mol. The molecule has 96 valence electrons. The monoisotopic (exact) mass is 259 g/mol. The quantitative estimate of drug-likeness (QED) is 0.767. The van der Waals surface area contributed by atoms with Crippen molar-refractivity contribution >= 4 is 24.1 Å². The molecule has 1 amide bonds. The average Bonchev–Trinajstić information content (AvgIpc) is 2.21. The van der Waals surface area contributed by atoms with E-state index in [2.05, 4.69) is 10.3 Å². The van der Waals surface area contributed by atoms with Crippen LogP contribution in [0, 0.1) is 0 Å². The number of aromatic nitrogens is 1. The van der Waals surface area contributed by atoms with Crippen LogP contribution in [0.5, 0.6) is 5.75 Å². The number of aromatic hydroxyl groups is 1. The third kappa shape index (κ3) is 4.20. The Morgan fingerprint density at radius 3 is 2.82 bits per heavy atom. The molecule has 1 atom stereocenters.